The highest BCUT2D eigenvalue weighted by atomic mass is 36.0. The van der Waals surface area contributed by atoms with Gasteiger partial charge in [0.25, 0.3) is 5.56 Å². The predicted octanol–water partition coefficient (Wildman–Crippen LogP) is 8.78. The van der Waals surface area contributed by atoms with E-state index in [9.17, 15) is 9.59 Å². The Morgan fingerprint density at radius 1 is 0.694 bits per heavy atom. The number of amides is 1. The van der Waals surface area contributed by atoms with Gasteiger partial charge in [-0.15, -0.1) is 0 Å². The number of nitrogens with zero attached hydrogens (tertiary/aromatic N) is 4. The molecule has 0 atom stereocenters. The van der Waals surface area contributed by atoms with Crippen molar-refractivity contribution in [2.45, 2.75) is 0 Å². The van der Waals surface area contributed by atoms with Crippen molar-refractivity contribution in [1.29, 1.82) is 0 Å². The summed E-state index contributed by atoms with van der Waals surface area (Å²) in [4.78, 5) is 39.2. The van der Waals surface area contributed by atoms with Crippen LogP contribution in [0, 0.1) is 0 Å². The van der Waals surface area contributed by atoms with E-state index in [1.165, 1.54) is 4.90 Å². The number of carbonyl (C=O) groups excluding carboxylic acids is 1. The number of fused-ring (bicyclic) bond motifs is 4. The van der Waals surface area contributed by atoms with Crippen LogP contribution in [-0.2, 0) is 14.0 Å². The third-order valence-electron chi connectivity index (χ3n) is 6.66. The van der Waals surface area contributed by atoms with Crippen LogP contribution in [0.2, 0.25) is 5.15 Å². The lowest BCUT2D eigenvalue weighted by Gasteiger charge is -2.02. The number of furan rings is 2. The van der Waals surface area contributed by atoms with Gasteiger partial charge in [-0.2, -0.15) is 0 Å². The van der Waals surface area contributed by atoms with Crippen LogP contribution < -0.4 is 5.56 Å². The Kier molecular flexibility index (Phi) is 11.8. The molecule has 4 heterocycles. The van der Waals surface area contributed by atoms with Gasteiger partial charge in [0.1, 0.15) is 16.9 Å². The molecule has 14 heteroatoms. The van der Waals surface area contributed by atoms with Gasteiger partial charge in [-0.25, -0.2) is 19.2 Å². The minimum absolute atomic E-state index is 0.247. The van der Waals surface area contributed by atoms with E-state index in [1.807, 2.05) is 109 Å². The van der Waals surface area contributed by atoms with Crippen molar-refractivity contribution >= 4 is 92.6 Å². The highest BCUT2D eigenvalue weighted by Gasteiger charge is 2.14. The van der Waals surface area contributed by atoms with E-state index in [0.717, 1.165) is 50.4 Å². The molecule has 0 aliphatic heterocycles. The zero-order chi connectivity index (χ0) is 34.9. The Balaban J connectivity index is 0.000000154. The van der Waals surface area contributed by atoms with E-state index in [-0.39, 0.29) is 5.56 Å². The second-order valence-corrected chi connectivity index (χ2v) is 13.2. The van der Waals surface area contributed by atoms with Gasteiger partial charge in [0.05, 0.1) is 22.1 Å². The number of H-pyrrole nitrogens is 1. The molecule has 1 N–H and O–H groups in total. The summed E-state index contributed by atoms with van der Waals surface area (Å²) in [6, 6.07) is 34.3. The number of benzene rings is 4. The first-order valence-electron chi connectivity index (χ1n) is 14.4. The Bertz CT molecular complexity index is 2390. The monoisotopic (exact) mass is 733 g/mol. The van der Waals surface area contributed by atoms with Crippen molar-refractivity contribution in [3.63, 3.8) is 0 Å². The maximum atomic E-state index is 12.1. The topological polar surface area (TPSA) is 135 Å². The molecule has 0 unspecified atom stereocenters. The summed E-state index contributed by atoms with van der Waals surface area (Å²) in [5.74, 6) is 1.12. The van der Waals surface area contributed by atoms with Crippen molar-refractivity contribution in [2.75, 3.05) is 14.1 Å². The number of rotatable bonds is 3. The van der Waals surface area contributed by atoms with Crippen molar-refractivity contribution in [3.05, 3.63) is 125 Å². The minimum Gasteiger partial charge on any atom is -0.454 e. The van der Waals surface area contributed by atoms with Gasteiger partial charge < -0.3 is 18.7 Å². The van der Waals surface area contributed by atoms with E-state index in [1.54, 1.807) is 14.1 Å². The second-order valence-electron chi connectivity index (χ2n) is 10.3. The van der Waals surface area contributed by atoms with Gasteiger partial charge in [-0.1, -0.05) is 72.3 Å². The van der Waals surface area contributed by atoms with E-state index in [2.05, 4.69) is 41.3 Å². The highest BCUT2D eigenvalue weighted by Crippen LogP contribution is 2.31. The smallest absolute Gasteiger partial charge is 0.278 e. The molecule has 8 aromatic rings. The van der Waals surface area contributed by atoms with Crippen LogP contribution in [0.3, 0.4) is 0 Å². The Morgan fingerprint density at radius 3 is 1.65 bits per heavy atom. The lowest BCUT2D eigenvalue weighted by molar-refractivity contribution is -0.115. The standard InChI is InChI=1S/C16H9ClN2O.C16H10N2O2.C3H7NO.Cl2OS/c17-16-15(18-11-6-2-3-7-12(11)19-16)14-9-10-5-1-4-8-13(10)20-14;19-16-15(17-11-6-2-3-7-12(11)18-16)14-9-10-5-1-4-8-13(10)20-14;1-4(2)3-5;1-4(2)3/h1-9H;1-9H,(H,18,19);3H,1-2H3;. The third kappa shape index (κ3) is 9.09. The highest BCUT2D eigenvalue weighted by molar-refractivity contribution is 8.26. The predicted molar refractivity (Wildman–Crippen MR) is 197 cm³/mol. The number of carbonyl (C=O) groups is 1. The van der Waals surface area contributed by atoms with Gasteiger partial charge in [-0.05, 0) is 48.5 Å². The van der Waals surface area contributed by atoms with Crippen molar-refractivity contribution in [3.8, 4) is 22.9 Å². The quantitative estimate of drug-likeness (QED) is 0.141. The number of hydrogen-bond donors (Lipinski definition) is 1. The average Bonchev–Trinajstić information content (AvgIpc) is 3.73. The average molecular weight is 735 g/mol. The van der Waals surface area contributed by atoms with E-state index in [0.29, 0.717) is 28.1 Å². The fraction of sp³-hybridized carbons (Fsp3) is 0.0571. The molecule has 0 saturated carbocycles. The number of nitrogens with one attached hydrogen (secondary N) is 1. The largest absolute Gasteiger partial charge is 0.454 e. The van der Waals surface area contributed by atoms with Crippen LogP contribution >= 0.6 is 33.0 Å². The number of aromatic amines is 1. The van der Waals surface area contributed by atoms with E-state index in [4.69, 9.17) is 24.6 Å². The summed E-state index contributed by atoms with van der Waals surface area (Å²) in [6.07, 6.45) is 0.750. The fourth-order valence-electron chi connectivity index (χ4n) is 4.53. The molecule has 0 fully saturated rings. The number of aromatic nitrogens is 4. The number of hydrogen-bond acceptors (Lipinski definition) is 8. The molecule has 8 rings (SSSR count). The zero-order valence-electron chi connectivity index (χ0n) is 25.8. The SMILES string of the molecule is CN(C)C=O.Clc1nc2ccccc2nc1-c1cc2ccccc2o1.O=S(Cl)Cl.O=c1[nH]c2ccccc2nc1-c1cc2ccccc2o1. The maximum absolute atomic E-state index is 12.1. The molecule has 0 aliphatic carbocycles. The lowest BCUT2D eigenvalue weighted by Crippen LogP contribution is -2.10. The minimum atomic E-state index is -1.67. The molecule has 248 valence electrons. The van der Waals surface area contributed by atoms with Gasteiger partial charge in [-0.3, -0.25) is 9.59 Å². The summed E-state index contributed by atoms with van der Waals surface area (Å²) < 4.78 is 20.6. The zero-order valence-corrected chi connectivity index (χ0v) is 28.9. The fourth-order valence-corrected chi connectivity index (χ4v) is 4.76. The Hall–Kier alpha value is -5.07. The molecule has 0 bridgehead atoms. The molecule has 4 aromatic carbocycles. The van der Waals surface area contributed by atoms with E-state index >= 15 is 0 Å². The summed E-state index contributed by atoms with van der Waals surface area (Å²) in [7, 11) is 10.7. The van der Waals surface area contributed by atoms with E-state index < -0.39 is 9.23 Å². The Morgan fingerprint density at radius 2 is 1.12 bits per heavy atom. The van der Waals surface area contributed by atoms with Crippen LogP contribution in [0.15, 0.2) is 123 Å². The van der Waals surface area contributed by atoms with Crippen LogP contribution in [0.5, 0.6) is 0 Å². The number of para-hydroxylation sites is 6. The van der Waals surface area contributed by atoms with Crippen molar-refractivity contribution in [1.82, 2.24) is 24.8 Å². The second kappa shape index (κ2) is 16.4. The first-order valence-corrected chi connectivity index (χ1v) is 17.6. The summed E-state index contributed by atoms with van der Waals surface area (Å²) in [5.41, 5.74) is 5.22. The molecule has 0 saturated heterocycles. The molecule has 49 heavy (non-hydrogen) atoms. The van der Waals surface area contributed by atoms with Crippen LogP contribution in [-0.4, -0.2) is 49.6 Å². The van der Waals surface area contributed by atoms with Gasteiger partial charge in [0, 0.05) is 46.2 Å². The molecular formula is C35H26Cl3N5O5S. The molecule has 1 amide bonds. The van der Waals surface area contributed by atoms with Gasteiger partial charge in [0.2, 0.25) is 15.6 Å². The van der Waals surface area contributed by atoms with Crippen LogP contribution in [0.4, 0.5) is 0 Å². The maximum Gasteiger partial charge on any atom is 0.278 e. The Labute approximate surface area is 295 Å². The molecule has 4 aromatic heterocycles. The molecule has 0 radical (unpaired) electrons. The molecule has 10 nitrogen and oxygen atoms in total. The molecule has 0 spiro atoms. The third-order valence-corrected chi connectivity index (χ3v) is 6.92. The van der Waals surface area contributed by atoms with Crippen molar-refractivity contribution in [2.24, 2.45) is 0 Å². The van der Waals surface area contributed by atoms with Crippen LogP contribution in [0.1, 0.15) is 0 Å². The first-order chi connectivity index (χ1) is 23.6. The molecular weight excluding hydrogens is 709 g/mol. The number of halogens is 3. The summed E-state index contributed by atoms with van der Waals surface area (Å²) in [5, 5.41) is 2.33. The summed E-state index contributed by atoms with van der Waals surface area (Å²) in [6.45, 7) is 0. The molecule has 0 aliphatic rings. The lowest BCUT2D eigenvalue weighted by atomic mass is 10.2. The normalized spacial score (nSPS) is 10.6. The van der Waals surface area contributed by atoms with Gasteiger partial charge >= 0.3 is 0 Å². The van der Waals surface area contributed by atoms with Gasteiger partial charge in [0.15, 0.2) is 22.4 Å². The van der Waals surface area contributed by atoms with Crippen LogP contribution in [0.25, 0.3) is 66.9 Å². The first kappa shape index (κ1) is 35.2. The van der Waals surface area contributed by atoms with Crippen molar-refractivity contribution < 1.29 is 17.8 Å². The summed E-state index contributed by atoms with van der Waals surface area (Å²) >= 11 is 6.23.